The molecule has 3 heteroatoms. The van der Waals surface area contributed by atoms with Crippen LogP contribution in [0.3, 0.4) is 0 Å². The number of aliphatic hydroxyl groups is 1. The van der Waals surface area contributed by atoms with E-state index in [-0.39, 0.29) is 6.10 Å². The minimum Gasteiger partial charge on any atom is -0.392 e. The fourth-order valence-electron chi connectivity index (χ4n) is 0.443. The Morgan fingerprint density at radius 3 is 2.56 bits per heavy atom. The standard InChI is InChI=1S/C6H14INO/c1-3-6(9)4-8-5(2)7/h5-6,8-9H,3-4H2,1-2H3. The Bertz CT molecular complexity index is 68.1. The van der Waals surface area contributed by atoms with Gasteiger partial charge in [0.15, 0.2) is 0 Å². The summed E-state index contributed by atoms with van der Waals surface area (Å²) in [5.74, 6) is 0. The molecule has 0 aliphatic carbocycles. The third kappa shape index (κ3) is 6.54. The molecular formula is C6H14INO. The van der Waals surface area contributed by atoms with Gasteiger partial charge in [0.25, 0.3) is 0 Å². The quantitative estimate of drug-likeness (QED) is 0.440. The van der Waals surface area contributed by atoms with Gasteiger partial charge in [-0.1, -0.05) is 29.5 Å². The minimum atomic E-state index is -0.179. The molecule has 0 spiro atoms. The molecule has 0 rings (SSSR count). The highest BCUT2D eigenvalue weighted by atomic mass is 127. The highest BCUT2D eigenvalue weighted by Crippen LogP contribution is 1.93. The highest BCUT2D eigenvalue weighted by Gasteiger charge is 2.00. The van der Waals surface area contributed by atoms with Crippen LogP contribution in [0.4, 0.5) is 0 Å². The summed E-state index contributed by atoms with van der Waals surface area (Å²) < 4.78 is 0.448. The number of alkyl halides is 1. The lowest BCUT2D eigenvalue weighted by Crippen LogP contribution is -2.29. The first kappa shape index (κ1) is 9.65. The molecule has 2 N–H and O–H groups in total. The normalized spacial score (nSPS) is 17.3. The molecule has 2 unspecified atom stereocenters. The van der Waals surface area contributed by atoms with Crippen molar-refractivity contribution >= 4 is 22.6 Å². The second-order valence-corrected chi connectivity index (χ2v) is 3.95. The largest absolute Gasteiger partial charge is 0.392 e. The molecule has 9 heavy (non-hydrogen) atoms. The van der Waals surface area contributed by atoms with E-state index in [2.05, 4.69) is 34.8 Å². The zero-order valence-electron chi connectivity index (χ0n) is 5.89. The average molecular weight is 243 g/mol. The second-order valence-electron chi connectivity index (χ2n) is 2.09. The number of hydrogen-bond acceptors (Lipinski definition) is 2. The summed E-state index contributed by atoms with van der Waals surface area (Å²) in [6.45, 7) is 4.74. The van der Waals surface area contributed by atoms with Gasteiger partial charge in [-0.3, -0.25) is 0 Å². The Hall–Kier alpha value is 0.650. The van der Waals surface area contributed by atoms with Crippen LogP contribution in [0.1, 0.15) is 20.3 Å². The summed E-state index contributed by atoms with van der Waals surface area (Å²) in [4.78, 5) is 0. The Balaban J connectivity index is 3.06. The first-order chi connectivity index (χ1) is 4.16. The smallest absolute Gasteiger partial charge is 0.0662 e. The van der Waals surface area contributed by atoms with E-state index in [4.69, 9.17) is 5.11 Å². The van der Waals surface area contributed by atoms with E-state index < -0.39 is 0 Å². The molecular weight excluding hydrogens is 229 g/mol. The van der Waals surface area contributed by atoms with Crippen molar-refractivity contribution in [3.8, 4) is 0 Å². The van der Waals surface area contributed by atoms with Crippen LogP contribution < -0.4 is 5.32 Å². The Labute approximate surface area is 70.2 Å². The lowest BCUT2D eigenvalue weighted by Gasteiger charge is -2.10. The van der Waals surface area contributed by atoms with Crippen LogP contribution in [0, 0.1) is 0 Å². The molecule has 2 atom stereocenters. The van der Waals surface area contributed by atoms with Gasteiger partial charge in [0.05, 0.1) is 10.2 Å². The first-order valence-corrected chi connectivity index (χ1v) is 4.47. The summed E-state index contributed by atoms with van der Waals surface area (Å²) >= 11 is 2.27. The van der Waals surface area contributed by atoms with Gasteiger partial charge in [-0.05, 0) is 13.3 Å². The van der Waals surface area contributed by atoms with Crippen LogP contribution in [0.15, 0.2) is 0 Å². The van der Waals surface area contributed by atoms with Gasteiger partial charge in [-0.25, -0.2) is 0 Å². The summed E-state index contributed by atoms with van der Waals surface area (Å²) in [6, 6.07) is 0. The summed E-state index contributed by atoms with van der Waals surface area (Å²) in [5, 5.41) is 12.2. The van der Waals surface area contributed by atoms with Gasteiger partial charge in [-0.15, -0.1) is 0 Å². The molecule has 0 aromatic heterocycles. The van der Waals surface area contributed by atoms with Crippen LogP contribution in [-0.2, 0) is 0 Å². The van der Waals surface area contributed by atoms with Crippen LogP contribution >= 0.6 is 22.6 Å². The predicted molar refractivity (Wildman–Crippen MR) is 47.8 cm³/mol. The molecule has 0 fully saturated rings. The molecule has 0 heterocycles. The number of hydrogen-bond donors (Lipinski definition) is 2. The fraction of sp³-hybridized carbons (Fsp3) is 1.00. The predicted octanol–water partition coefficient (Wildman–Crippen LogP) is 1.13. The van der Waals surface area contributed by atoms with E-state index in [0.29, 0.717) is 10.6 Å². The van der Waals surface area contributed by atoms with Crippen molar-refractivity contribution < 1.29 is 5.11 Å². The van der Waals surface area contributed by atoms with Gasteiger partial charge in [-0.2, -0.15) is 0 Å². The van der Waals surface area contributed by atoms with Gasteiger partial charge < -0.3 is 10.4 Å². The molecule has 0 aliphatic heterocycles. The van der Waals surface area contributed by atoms with Crippen molar-refractivity contribution in [2.24, 2.45) is 0 Å². The van der Waals surface area contributed by atoms with E-state index in [9.17, 15) is 0 Å². The minimum absolute atomic E-state index is 0.179. The van der Waals surface area contributed by atoms with Crippen LogP contribution in [0.5, 0.6) is 0 Å². The first-order valence-electron chi connectivity index (χ1n) is 3.22. The van der Waals surface area contributed by atoms with Gasteiger partial charge in [0.2, 0.25) is 0 Å². The molecule has 0 radical (unpaired) electrons. The molecule has 0 aliphatic rings. The van der Waals surface area contributed by atoms with Crippen molar-refractivity contribution in [3.05, 3.63) is 0 Å². The van der Waals surface area contributed by atoms with E-state index in [0.717, 1.165) is 6.42 Å². The van der Waals surface area contributed by atoms with Crippen LogP contribution in [0.25, 0.3) is 0 Å². The number of rotatable bonds is 4. The van der Waals surface area contributed by atoms with Crippen molar-refractivity contribution in [3.63, 3.8) is 0 Å². The molecule has 0 aromatic carbocycles. The molecule has 2 nitrogen and oxygen atoms in total. The van der Waals surface area contributed by atoms with Gasteiger partial charge in [0, 0.05) is 6.54 Å². The maximum absolute atomic E-state index is 9.04. The van der Waals surface area contributed by atoms with Crippen molar-refractivity contribution in [2.45, 2.75) is 30.4 Å². The SMILES string of the molecule is CCC(O)CNC(C)I. The molecule has 56 valence electrons. The molecule has 0 saturated carbocycles. The van der Waals surface area contributed by atoms with E-state index >= 15 is 0 Å². The molecule has 0 saturated heterocycles. The van der Waals surface area contributed by atoms with E-state index in [1.165, 1.54) is 0 Å². The number of aliphatic hydroxyl groups excluding tert-OH is 1. The van der Waals surface area contributed by atoms with Crippen LogP contribution in [-0.4, -0.2) is 21.8 Å². The molecule has 0 bridgehead atoms. The fourth-order valence-corrected chi connectivity index (χ4v) is 0.697. The Morgan fingerprint density at radius 1 is 1.67 bits per heavy atom. The van der Waals surface area contributed by atoms with Crippen LogP contribution in [0.2, 0.25) is 0 Å². The lowest BCUT2D eigenvalue weighted by molar-refractivity contribution is 0.167. The highest BCUT2D eigenvalue weighted by molar-refractivity contribution is 14.1. The monoisotopic (exact) mass is 243 g/mol. The van der Waals surface area contributed by atoms with Crippen molar-refractivity contribution in [1.82, 2.24) is 5.32 Å². The zero-order valence-corrected chi connectivity index (χ0v) is 8.05. The summed E-state index contributed by atoms with van der Waals surface area (Å²) in [6.07, 6.45) is 0.651. The average Bonchev–Trinajstić information content (AvgIpc) is 1.83. The van der Waals surface area contributed by atoms with Crippen molar-refractivity contribution in [2.75, 3.05) is 6.54 Å². The molecule has 0 amide bonds. The number of nitrogens with one attached hydrogen (secondary N) is 1. The zero-order chi connectivity index (χ0) is 7.28. The Kier molecular flexibility index (Phi) is 5.83. The third-order valence-corrected chi connectivity index (χ3v) is 1.55. The van der Waals surface area contributed by atoms with Gasteiger partial charge in [0.1, 0.15) is 0 Å². The number of halogens is 1. The third-order valence-electron chi connectivity index (χ3n) is 1.11. The van der Waals surface area contributed by atoms with E-state index in [1.807, 2.05) is 6.92 Å². The maximum atomic E-state index is 9.04. The summed E-state index contributed by atoms with van der Waals surface area (Å²) in [7, 11) is 0. The maximum Gasteiger partial charge on any atom is 0.0662 e. The lowest BCUT2D eigenvalue weighted by atomic mass is 10.3. The molecule has 0 aromatic rings. The van der Waals surface area contributed by atoms with Gasteiger partial charge >= 0.3 is 0 Å². The Morgan fingerprint density at radius 2 is 2.22 bits per heavy atom. The van der Waals surface area contributed by atoms with E-state index in [1.54, 1.807) is 0 Å². The summed E-state index contributed by atoms with van der Waals surface area (Å²) in [5.41, 5.74) is 0. The second kappa shape index (κ2) is 5.44. The topological polar surface area (TPSA) is 32.3 Å². The van der Waals surface area contributed by atoms with Crippen molar-refractivity contribution in [1.29, 1.82) is 0 Å².